The van der Waals surface area contributed by atoms with Crippen LogP contribution in [0.15, 0.2) is 4.52 Å². The zero-order chi connectivity index (χ0) is 12.8. The molecule has 0 spiro atoms. The lowest BCUT2D eigenvalue weighted by molar-refractivity contribution is 0.157. The van der Waals surface area contributed by atoms with Gasteiger partial charge in [0.05, 0.1) is 6.04 Å². The maximum atomic E-state index is 5.48. The number of hydrogen-bond acceptors (Lipinski definition) is 5. The van der Waals surface area contributed by atoms with Crippen molar-refractivity contribution in [2.24, 2.45) is 0 Å². The molecule has 104 valence electrons. The predicted molar refractivity (Wildman–Crippen MR) is 70.8 cm³/mol. The molecule has 2 bridgehead atoms. The topological polar surface area (TPSA) is 54.2 Å². The first-order valence-corrected chi connectivity index (χ1v) is 7.60. The molecule has 0 radical (unpaired) electrons. The van der Waals surface area contributed by atoms with Crippen molar-refractivity contribution in [1.29, 1.82) is 0 Å². The molecule has 4 heterocycles. The summed E-state index contributed by atoms with van der Waals surface area (Å²) in [6.07, 6.45) is 7.41. The number of nitrogens with zero attached hydrogens (tertiary/aromatic N) is 3. The van der Waals surface area contributed by atoms with Crippen LogP contribution >= 0.6 is 0 Å². The molecule has 1 N–H and O–H groups in total. The molecule has 5 nitrogen and oxygen atoms in total. The van der Waals surface area contributed by atoms with Crippen LogP contribution in [0, 0.1) is 0 Å². The Kier molecular flexibility index (Phi) is 2.84. The second kappa shape index (κ2) is 4.56. The summed E-state index contributed by atoms with van der Waals surface area (Å²) < 4.78 is 5.48. The first-order valence-electron chi connectivity index (χ1n) is 7.60. The highest BCUT2D eigenvalue weighted by Crippen LogP contribution is 2.41. The van der Waals surface area contributed by atoms with Crippen LogP contribution in [0.3, 0.4) is 0 Å². The van der Waals surface area contributed by atoms with Crippen LogP contribution in [0.2, 0.25) is 0 Å². The molecule has 3 aliphatic rings. The fourth-order valence-electron chi connectivity index (χ4n) is 4.07. The third-order valence-corrected chi connectivity index (χ3v) is 5.28. The normalized spacial score (nSPS) is 39.0. The van der Waals surface area contributed by atoms with Gasteiger partial charge < -0.3 is 14.7 Å². The Morgan fingerprint density at radius 2 is 2.00 bits per heavy atom. The van der Waals surface area contributed by atoms with Crippen LogP contribution in [0.4, 0.5) is 0 Å². The van der Waals surface area contributed by atoms with Gasteiger partial charge in [0.1, 0.15) is 0 Å². The zero-order valence-electron chi connectivity index (χ0n) is 11.5. The molecule has 19 heavy (non-hydrogen) atoms. The minimum atomic E-state index is 0.296. The second-order valence-corrected chi connectivity index (χ2v) is 6.36. The van der Waals surface area contributed by atoms with Gasteiger partial charge in [0, 0.05) is 18.0 Å². The Morgan fingerprint density at radius 1 is 1.21 bits per heavy atom. The van der Waals surface area contributed by atoms with E-state index in [-0.39, 0.29) is 0 Å². The van der Waals surface area contributed by atoms with Gasteiger partial charge in [-0.2, -0.15) is 4.98 Å². The molecule has 3 aliphatic heterocycles. The van der Waals surface area contributed by atoms with Gasteiger partial charge in [0.2, 0.25) is 5.89 Å². The highest BCUT2D eigenvalue weighted by Gasteiger charge is 2.40. The Bertz CT molecular complexity index is 440. The number of piperidine rings is 1. The maximum absolute atomic E-state index is 5.48. The van der Waals surface area contributed by atoms with Crippen molar-refractivity contribution in [1.82, 2.24) is 20.4 Å². The van der Waals surface area contributed by atoms with E-state index < -0.39 is 0 Å². The third kappa shape index (κ3) is 1.99. The highest BCUT2D eigenvalue weighted by atomic mass is 16.5. The molecule has 1 aromatic heterocycles. The summed E-state index contributed by atoms with van der Waals surface area (Å²) in [4.78, 5) is 7.23. The van der Waals surface area contributed by atoms with Gasteiger partial charge in [-0.15, -0.1) is 0 Å². The van der Waals surface area contributed by atoms with Crippen LogP contribution in [0.1, 0.15) is 62.2 Å². The van der Waals surface area contributed by atoms with Gasteiger partial charge in [0.15, 0.2) is 5.82 Å². The second-order valence-electron chi connectivity index (χ2n) is 6.36. The van der Waals surface area contributed by atoms with E-state index in [9.17, 15) is 0 Å². The lowest BCUT2D eigenvalue weighted by Crippen LogP contribution is -2.39. The van der Waals surface area contributed by atoms with Gasteiger partial charge in [-0.05, 0) is 52.1 Å². The standard InChI is InChI=1S/C14H22N4O/c1-18-10-4-5-11(18)8-9(7-10)13-16-14(19-17-13)12-3-2-6-15-12/h9-12,15H,2-8H2,1H3/t9?,10?,11?,12-/m1/s1. The molecule has 3 fully saturated rings. The van der Waals surface area contributed by atoms with Crippen molar-refractivity contribution in [3.05, 3.63) is 11.7 Å². The summed E-state index contributed by atoms with van der Waals surface area (Å²) >= 11 is 0. The molecule has 3 saturated heterocycles. The molecule has 4 rings (SSSR count). The maximum Gasteiger partial charge on any atom is 0.243 e. The van der Waals surface area contributed by atoms with Crippen molar-refractivity contribution >= 4 is 0 Å². The molecular formula is C14H22N4O. The van der Waals surface area contributed by atoms with E-state index in [1.165, 1.54) is 32.1 Å². The summed E-state index contributed by atoms with van der Waals surface area (Å²) in [7, 11) is 2.27. The lowest BCUT2D eigenvalue weighted by atomic mass is 9.90. The summed E-state index contributed by atoms with van der Waals surface area (Å²) in [6.45, 7) is 1.07. The highest BCUT2D eigenvalue weighted by molar-refractivity contribution is 5.06. The van der Waals surface area contributed by atoms with E-state index in [4.69, 9.17) is 4.52 Å². The number of hydrogen-bond donors (Lipinski definition) is 1. The molecule has 1 aromatic rings. The predicted octanol–water partition coefficient (Wildman–Crippen LogP) is 1.83. The quantitative estimate of drug-likeness (QED) is 0.881. The zero-order valence-corrected chi connectivity index (χ0v) is 11.5. The fourth-order valence-corrected chi connectivity index (χ4v) is 4.07. The molecule has 3 atom stereocenters. The summed E-state index contributed by atoms with van der Waals surface area (Å²) in [5, 5.41) is 7.68. The van der Waals surface area contributed by atoms with Crippen molar-refractivity contribution in [2.75, 3.05) is 13.6 Å². The lowest BCUT2D eigenvalue weighted by Gasteiger charge is -2.34. The van der Waals surface area contributed by atoms with Crippen LogP contribution in [-0.2, 0) is 0 Å². The van der Waals surface area contributed by atoms with Crippen molar-refractivity contribution in [3.8, 4) is 0 Å². The summed E-state index contributed by atoms with van der Waals surface area (Å²) in [5.41, 5.74) is 0. The van der Waals surface area contributed by atoms with Gasteiger partial charge in [-0.3, -0.25) is 0 Å². The van der Waals surface area contributed by atoms with E-state index >= 15 is 0 Å². The molecule has 2 unspecified atom stereocenters. The van der Waals surface area contributed by atoms with Crippen LogP contribution < -0.4 is 5.32 Å². The van der Waals surface area contributed by atoms with Crippen molar-refractivity contribution < 1.29 is 4.52 Å². The van der Waals surface area contributed by atoms with Gasteiger partial charge in [0.25, 0.3) is 0 Å². The van der Waals surface area contributed by atoms with E-state index in [0.29, 0.717) is 12.0 Å². The molecule has 0 amide bonds. The van der Waals surface area contributed by atoms with Gasteiger partial charge >= 0.3 is 0 Å². The average molecular weight is 262 g/mol. The third-order valence-electron chi connectivity index (χ3n) is 5.28. The molecule has 5 heteroatoms. The Balaban J connectivity index is 1.50. The Hall–Kier alpha value is -0.940. The van der Waals surface area contributed by atoms with Crippen molar-refractivity contribution in [3.63, 3.8) is 0 Å². The van der Waals surface area contributed by atoms with Gasteiger partial charge in [-0.1, -0.05) is 5.16 Å². The monoisotopic (exact) mass is 262 g/mol. The number of aromatic nitrogens is 2. The molecule has 0 aliphatic carbocycles. The minimum absolute atomic E-state index is 0.296. The smallest absolute Gasteiger partial charge is 0.243 e. The number of rotatable bonds is 2. The first-order chi connectivity index (χ1) is 9.31. The van der Waals surface area contributed by atoms with Crippen LogP contribution in [0.5, 0.6) is 0 Å². The Morgan fingerprint density at radius 3 is 2.68 bits per heavy atom. The van der Waals surface area contributed by atoms with Crippen LogP contribution in [0.25, 0.3) is 0 Å². The SMILES string of the molecule is CN1C2CCC1CC(c1noc([C@H]3CCCN3)n1)C2. The molecule has 0 aromatic carbocycles. The molecular weight excluding hydrogens is 240 g/mol. The van der Waals surface area contributed by atoms with E-state index in [1.54, 1.807) is 0 Å². The van der Waals surface area contributed by atoms with Crippen molar-refractivity contribution in [2.45, 2.75) is 62.6 Å². The number of fused-ring (bicyclic) bond motifs is 2. The fraction of sp³-hybridized carbons (Fsp3) is 0.857. The number of nitrogens with one attached hydrogen (secondary N) is 1. The van der Waals surface area contributed by atoms with Crippen LogP contribution in [-0.4, -0.2) is 40.7 Å². The summed E-state index contributed by atoms with van der Waals surface area (Å²) in [6, 6.07) is 1.76. The summed E-state index contributed by atoms with van der Waals surface area (Å²) in [5.74, 6) is 2.26. The van der Waals surface area contributed by atoms with E-state index in [1.807, 2.05) is 0 Å². The van der Waals surface area contributed by atoms with Gasteiger partial charge in [-0.25, -0.2) is 0 Å². The average Bonchev–Trinajstić information content (AvgIpc) is 3.10. The molecule has 0 saturated carbocycles. The van der Waals surface area contributed by atoms with E-state index in [2.05, 4.69) is 27.4 Å². The largest absolute Gasteiger partial charge is 0.338 e. The first kappa shape index (κ1) is 11.9. The van der Waals surface area contributed by atoms with E-state index in [0.717, 1.165) is 36.8 Å². The Labute approximate surface area is 113 Å². The minimum Gasteiger partial charge on any atom is -0.338 e.